The number of fused-ring (bicyclic) bond motifs is 1. The number of carbonyl (C=O) groups is 2. The summed E-state index contributed by atoms with van der Waals surface area (Å²) in [7, 11) is 0. The van der Waals surface area contributed by atoms with Crippen LogP contribution in [0.15, 0.2) is 22.7 Å². The third-order valence-corrected chi connectivity index (χ3v) is 7.44. The smallest absolute Gasteiger partial charge is 0.264 e. The summed E-state index contributed by atoms with van der Waals surface area (Å²) in [4.78, 5) is 31.2. The highest BCUT2D eigenvalue weighted by Gasteiger charge is 2.72. The monoisotopic (exact) mass is 417 g/mol. The van der Waals surface area contributed by atoms with Crippen molar-refractivity contribution in [2.24, 2.45) is 10.8 Å². The van der Waals surface area contributed by atoms with Gasteiger partial charge >= 0.3 is 0 Å². The molecule has 4 fully saturated rings. The van der Waals surface area contributed by atoms with Gasteiger partial charge in [0.05, 0.1) is 10.8 Å². The number of benzene rings is 1. The van der Waals surface area contributed by atoms with E-state index in [0.717, 1.165) is 35.0 Å². The molecule has 2 unspecified atom stereocenters. The van der Waals surface area contributed by atoms with Crippen molar-refractivity contribution in [2.75, 3.05) is 31.5 Å². The summed E-state index contributed by atoms with van der Waals surface area (Å²) in [5.41, 5.74) is 0.475. The van der Waals surface area contributed by atoms with Crippen LogP contribution in [0.4, 0.5) is 5.69 Å². The summed E-state index contributed by atoms with van der Waals surface area (Å²) in [5.74, 6) is 0.458. The summed E-state index contributed by atoms with van der Waals surface area (Å²) in [6.45, 7) is 6.97. The minimum absolute atomic E-state index is 0.0334. The Balaban J connectivity index is 1.66. The molecule has 5 heterocycles. The van der Waals surface area contributed by atoms with Gasteiger partial charge in [-0.05, 0) is 24.6 Å². The molecule has 1 N–H and O–H groups in total. The van der Waals surface area contributed by atoms with E-state index in [1.807, 2.05) is 12.1 Å². The fourth-order valence-corrected chi connectivity index (χ4v) is 6.39. The van der Waals surface area contributed by atoms with Crippen LogP contribution in [0, 0.1) is 10.8 Å². The maximum absolute atomic E-state index is 13.3. The van der Waals surface area contributed by atoms with Crippen molar-refractivity contribution in [1.82, 2.24) is 9.80 Å². The quantitative estimate of drug-likeness (QED) is 0.820. The molecule has 5 nitrogen and oxygen atoms in total. The lowest BCUT2D eigenvalue weighted by molar-refractivity contribution is -0.231. The van der Waals surface area contributed by atoms with Gasteiger partial charge in [-0.25, -0.2) is 0 Å². The van der Waals surface area contributed by atoms with Gasteiger partial charge in [0.1, 0.15) is 5.78 Å². The van der Waals surface area contributed by atoms with E-state index in [0.29, 0.717) is 32.0 Å². The molecule has 138 valence electrons. The molecule has 4 bridgehead atoms. The molecule has 26 heavy (non-hydrogen) atoms. The van der Waals surface area contributed by atoms with E-state index in [9.17, 15) is 9.59 Å². The van der Waals surface area contributed by atoms with E-state index in [2.05, 4.69) is 51.0 Å². The Morgan fingerprint density at radius 2 is 1.85 bits per heavy atom. The summed E-state index contributed by atoms with van der Waals surface area (Å²) in [6.07, 6.45) is 3.08. The number of unbranched alkanes of at least 4 members (excludes halogenated alkanes) is 1. The number of ketones is 1. The second-order valence-corrected chi connectivity index (χ2v) is 9.72. The number of halogens is 1. The highest BCUT2D eigenvalue weighted by atomic mass is 79.9. The van der Waals surface area contributed by atoms with Crippen LogP contribution in [0.25, 0.3) is 0 Å². The van der Waals surface area contributed by atoms with Crippen LogP contribution in [-0.4, -0.2) is 47.7 Å². The molecule has 1 aromatic carbocycles. The molecule has 0 aromatic heterocycles. The Kier molecular flexibility index (Phi) is 3.36. The van der Waals surface area contributed by atoms with Crippen molar-refractivity contribution < 1.29 is 9.59 Å². The number of hydrogen-bond acceptors (Lipinski definition) is 4. The van der Waals surface area contributed by atoms with Crippen molar-refractivity contribution in [3.05, 3.63) is 28.2 Å². The summed E-state index contributed by atoms with van der Waals surface area (Å²) < 4.78 is 0.978. The minimum Gasteiger partial charge on any atom is -0.323 e. The zero-order chi connectivity index (χ0) is 18.3. The lowest BCUT2D eigenvalue weighted by atomic mass is 9.58. The number of nitrogens with zero attached hydrogens (tertiary/aromatic N) is 2. The van der Waals surface area contributed by atoms with Crippen LogP contribution >= 0.6 is 15.9 Å². The lowest BCUT2D eigenvalue weighted by Crippen LogP contribution is -2.83. The van der Waals surface area contributed by atoms with Gasteiger partial charge in [0.25, 0.3) is 5.91 Å². The normalized spacial score (nSPS) is 42.4. The maximum Gasteiger partial charge on any atom is 0.264 e. The van der Waals surface area contributed by atoms with E-state index < -0.39 is 5.66 Å². The standard InChI is InChI=1S/C20H24BrN3O2/c1-3-4-7-19-11-23-9-18(2,16(19)25)10-24(12-19)20(23)14-8-13(21)5-6-15(14)22-17(20)26/h5-6,8H,3-4,7,9-12H2,1-2H3,(H,22,26). The zero-order valence-corrected chi connectivity index (χ0v) is 16.9. The van der Waals surface area contributed by atoms with Crippen LogP contribution < -0.4 is 5.32 Å². The van der Waals surface area contributed by atoms with Crippen molar-refractivity contribution in [3.63, 3.8) is 0 Å². The topological polar surface area (TPSA) is 52.6 Å². The molecule has 5 aliphatic heterocycles. The second kappa shape index (κ2) is 5.18. The molecule has 0 saturated carbocycles. The van der Waals surface area contributed by atoms with Gasteiger partial charge in [-0.3, -0.25) is 19.4 Å². The van der Waals surface area contributed by atoms with Crippen molar-refractivity contribution in [1.29, 1.82) is 0 Å². The molecule has 2 atom stereocenters. The minimum atomic E-state index is -0.755. The summed E-state index contributed by atoms with van der Waals surface area (Å²) in [6, 6.07) is 6.00. The molecule has 6 rings (SSSR count). The van der Waals surface area contributed by atoms with E-state index in [4.69, 9.17) is 0 Å². The maximum atomic E-state index is 13.3. The molecular formula is C20H24BrN3O2. The highest BCUT2D eigenvalue weighted by molar-refractivity contribution is 9.10. The molecular weight excluding hydrogens is 394 g/mol. The lowest BCUT2D eigenvalue weighted by Gasteiger charge is -2.68. The number of anilines is 1. The molecule has 0 radical (unpaired) electrons. The largest absolute Gasteiger partial charge is 0.323 e. The number of nitrogens with one attached hydrogen (secondary N) is 1. The Labute approximate surface area is 162 Å². The van der Waals surface area contributed by atoms with Crippen molar-refractivity contribution >= 4 is 33.3 Å². The fraction of sp³-hybridized carbons (Fsp3) is 0.600. The first-order valence-electron chi connectivity index (χ1n) is 9.52. The van der Waals surface area contributed by atoms with Crippen LogP contribution in [-0.2, 0) is 15.3 Å². The molecule has 6 heteroatoms. The number of hydrogen-bond donors (Lipinski definition) is 1. The van der Waals surface area contributed by atoms with Gasteiger partial charge in [-0.1, -0.05) is 42.6 Å². The van der Waals surface area contributed by atoms with E-state index >= 15 is 0 Å². The van der Waals surface area contributed by atoms with E-state index in [-0.39, 0.29) is 16.7 Å². The number of carbonyl (C=O) groups excluding carboxylic acids is 2. The van der Waals surface area contributed by atoms with Gasteiger partial charge < -0.3 is 5.32 Å². The number of amides is 1. The Morgan fingerprint density at radius 3 is 2.50 bits per heavy atom. The predicted octanol–water partition coefficient (Wildman–Crippen LogP) is 2.95. The van der Waals surface area contributed by atoms with Gasteiger partial charge in [-0.2, -0.15) is 0 Å². The first-order chi connectivity index (χ1) is 12.4. The molecule has 4 saturated heterocycles. The fourth-order valence-electron chi connectivity index (χ4n) is 6.03. The number of rotatable bonds is 3. The predicted molar refractivity (Wildman–Crippen MR) is 103 cm³/mol. The van der Waals surface area contributed by atoms with Crippen molar-refractivity contribution in [2.45, 2.75) is 38.8 Å². The molecule has 0 aliphatic carbocycles. The van der Waals surface area contributed by atoms with Crippen LogP contribution in [0.2, 0.25) is 0 Å². The average Bonchev–Trinajstić information content (AvgIpc) is 2.86. The zero-order valence-electron chi connectivity index (χ0n) is 15.3. The highest BCUT2D eigenvalue weighted by Crippen LogP contribution is 2.59. The third kappa shape index (κ3) is 1.83. The molecule has 5 aliphatic rings. The summed E-state index contributed by atoms with van der Waals surface area (Å²) in [5, 5.41) is 3.09. The van der Waals surface area contributed by atoms with Gasteiger partial charge in [0.15, 0.2) is 5.66 Å². The average molecular weight is 418 g/mol. The van der Waals surface area contributed by atoms with E-state index in [1.54, 1.807) is 0 Å². The number of Topliss-reactive ketones (excluding diaryl/α,β-unsaturated/α-hetero) is 1. The molecule has 1 spiro atoms. The van der Waals surface area contributed by atoms with Crippen molar-refractivity contribution in [3.8, 4) is 0 Å². The van der Waals surface area contributed by atoms with Crippen LogP contribution in [0.5, 0.6) is 0 Å². The van der Waals surface area contributed by atoms with Crippen LogP contribution in [0.3, 0.4) is 0 Å². The van der Waals surface area contributed by atoms with Gasteiger partial charge in [-0.15, -0.1) is 0 Å². The van der Waals surface area contributed by atoms with E-state index in [1.165, 1.54) is 0 Å². The summed E-state index contributed by atoms with van der Waals surface area (Å²) >= 11 is 3.57. The first-order valence-corrected chi connectivity index (χ1v) is 10.3. The SMILES string of the molecule is CCCCC12CN3CC(C)(CN(C1)C31C(=O)Nc3ccc(Br)cc31)C2=O. The molecule has 1 aromatic rings. The Bertz CT molecular complexity index is 820. The second-order valence-electron chi connectivity index (χ2n) is 8.80. The van der Waals surface area contributed by atoms with Gasteiger partial charge in [0, 0.05) is 41.9 Å². The third-order valence-electron chi connectivity index (χ3n) is 6.94. The van der Waals surface area contributed by atoms with Crippen LogP contribution in [0.1, 0.15) is 38.7 Å². The first kappa shape index (κ1) is 16.9. The Morgan fingerprint density at radius 1 is 1.15 bits per heavy atom. The van der Waals surface area contributed by atoms with Gasteiger partial charge in [0.2, 0.25) is 0 Å². The number of piperidine rings is 2. The molecule has 1 amide bonds. The Hall–Kier alpha value is -1.24.